The molecular weight excluding hydrogens is 284 g/mol. The van der Waals surface area contributed by atoms with Crippen LogP contribution in [0.3, 0.4) is 0 Å². The van der Waals surface area contributed by atoms with Crippen molar-refractivity contribution in [3.05, 3.63) is 54.2 Å². The molecule has 0 spiro atoms. The quantitative estimate of drug-likeness (QED) is 0.794. The molecule has 0 radical (unpaired) electrons. The van der Waals surface area contributed by atoms with E-state index < -0.39 is 11.9 Å². The lowest BCUT2D eigenvalue weighted by molar-refractivity contribution is 0.0942. The monoisotopic (exact) mass is 296 g/mol. The Hall–Kier alpha value is -3.27. The van der Waals surface area contributed by atoms with Gasteiger partial charge in [-0.1, -0.05) is 0 Å². The minimum Gasteiger partial charge on any atom is -0.481 e. The van der Waals surface area contributed by atoms with E-state index in [1.54, 1.807) is 34.9 Å². The molecule has 3 rings (SSSR count). The summed E-state index contributed by atoms with van der Waals surface area (Å²) in [5.74, 6) is 0.484. The van der Waals surface area contributed by atoms with Gasteiger partial charge in [0.25, 0.3) is 5.91 Å². The molecule has 1 unspecified atom stereocenters. The lowest BCUT2D eigenvalue weighted by atomic mass is 10.2. The number of pyridine rings is 1. The molecule has 3 aromatic rings. The highest BCUT2D eigenvalue weighted by Crippen LogP contribution is 2.19. The fourth-order valence-electron chi connectivity index (χ4n) is 2.15. The van der Waals surface area contributed by atoms with Gasteiger partial charge in [0, 0.05) is 6.20 Å². The van der Waals surface area contributed by atoms with Gasteiger partial charge in [0.2, 0.25) is 5.88 Å². The number of hydrogen-bond acceptors (Lipinski definition) is 5. The Morgan fingerprint density at radius 3 is 3.05 bits per heavy atom. The average Bonchev–Trinajstić information content (AvgIpc) is 3.20. The Kier molecular flexibility index (Phi) is 3.50. The Morgan fingerprint density at radius 1 is 1.50 bits per heavy atom. The Balaban J connectivity index is 1.93. The van der Waals surface area contributed by atoms with Gasteiger partial charge in [-0.25, -0.2) is 4.98 Å². The van der Waals surface area contributed by atoms with Gasteiger partial charge in [-0.15, -0.1) is 0 Å². The number of nitrogens with zero attached hydrogens (tertiary/aromatic N) is 3. The van der Waals surface area contributed by atoms with E-state index >= 15 is 0 Å². The molecule has 1 atom stereocenters. The number of fused-ring (bicyclic) bond motifs is 1. The summed E-state index contributed by atoms with van der Waals surface area (Å²) in [5.41, 5.74) is 0.797. The maximum atomic E-state index is 12.4. The SMILES string of the molecule is COc1cnc2c(C(=O)NC(C#N)c3ccco3)cccn12. The predicted octanol–water partition coefficient (Wildman–Crippen LogP) is 1.93. The molecule has 7 nitrogen and oxygen atoms in total. The predicted molar refractivity (Wildman–Crippen MR) is 76.3 cm³/mol. The molecule has 3 aromatic heterocycles. The molecule has 7 heteroatoms. The fraction of sp³-hybridized carbons (Fsp3) is 0.133. The van der Waals surface area contributed by atoms with Crippen LogP contribution in [0.4, 0.5) is 0 Å². The number of nitriles is 1. The van der Waals surface area contributed by atoms with Gasteiger partial charge in [-0.3, -0.25) is 9.20 Å². The first-order valence-corrected chi connectivity index (χ1v) is 6.48. The Morgan fingerprint density at radius 2 is 2.36 bits per heavy atom. The lowest BCUT2D eigenvalue weighted by Gasteiger charge is -2.10. The van der Waals surface area contributed by atoms with Crippen molar-refractivity contribution in [2.24, 2.45) is 0 Å². The maximum absolute atomic E-state index is 12.4. The number of amides is 1. The van der Waals surface area contributed by atoms with Crippen molar-refractivity contribution in [3.63, 3.8) is 0 Å². The number of hydrogen-bond donors (Lipinski definition) is 1. The molecule has 0 fully saturated rings. The maximum Gasteiger partial charge on any atom is 0.256 e. The lowest BCUT2D eigenvalue weighted by Crippen LogP contribution is -2.27. The van der Waals surface area contributed by atoms with Crippen LogP contribution in [0, 0.1) is 11.3 Å². The van der Waals surface area contributed by atoms with Gasteiger partial charge in [0.05, 0.1) is 31.2 Å². The highest BCUT2D eigenvalue weighted by molar-refractivity contribution is 6.00. The number of carbonyl (C=O) groups excluding carboxylic acids is 1. The van der Waals surface area contributed by atoms with Crippen LogP contribution in [0.5, 0.6) is 5.88 Å². The minimum absolute atomic E-state index is 0.345. The van der Waals surface area contributed by atoms with Crippen molar-refractivity contribution in [3.8, 4) is 11.9 Å². The van der Waals surface area contributed by atoms with Crippen LogP contribution in [0.2, 0.25) is 0 Å². The van der Waals surface area contributed by atoms with Crippen molar-refractivity contribution in [2.75, 3.05) is 7.11 Å². The molecule has 0 bridgehead atoms. The van der Waals surface area contributed by atoms with Crippen LogP contribution >= 0.6 is 0 Å². The molecule has 1 N–H and O–H groups in total. The third kappa shape index (κ3) is 2.27. The molecule has 0 saturated heterocycles. The van der Waals surface area contributed by atoms with Crippen LogP contribution in [-0.2, 0) is 0 Å². The zero-order valence-electron chi connectivity index (χ0n) is 11.7. The van der Waals surface area contributed by atoms with Crippen molar-refractivity contribution in [2.45, 2.75) is 6.04 Å². The summed E-state index contributed by atoms with van der Waals surface area (Å²) >= 11 is 0. The van der Waals surface area contributed by atoms with E-state index in [1.807, 2.05) is 6.07 Å². The third-order valence-corrected chi connectivity index (χ3v) is 3.19. The van der Waals surface area contributed by atoms with E-state index in [9.17, 15) is 10.1 Å². The van der Waals surface area contributed by atoms with Crippen LogP contribution in [0.25, 0.3) is 5.65 Å². The highest BCUT2D eigenvalue weighted by atomic mass is 16.5. The van der Waals surface area contributed by atoms with E-state index in [0.717, 1.165) is 0 Å². The van der Waals surface area contributed by atoms with Gasteiger partial charge >= 0.3 is 0 Å². The molecule has 1 amide bonds. The van der Waals surface area contributed by atoms with E-state index in [1.165, 1.54) is 19.6 Å². The first-order valence-electron chi connectivity index (χ1n) is 6.48. The van der Waals surface area contributed by atoms with Crippen LogP contribution in [-0.4, -0.2) is 22.4 Å². The molecule has 0 aliphatic rings. The summed E-state index contributed by atoms with van der Waals surface area (Å²) < 4.78 is 12.0. The van der Waals surface area contributed by atoms with Gasteiger partial charge < -0.3 is 14.5 Å². The first-order chi connectivity index (χ1) is 10.7. The van der Waals surface area contributed by atoms with Gasteiger partial charge in [-0.05, 0) is 24.3 Å². The molecule has 0 saturated carbocycles. The smallest absolute Gasteiger partial charge is 0.256 e. The van der Waals surface area contributed by atoms with E-state index in [0.29, 0.717) is 22.9 Å². The molecule has 3 heterocycles. The zero-order valence-corrected chi connectivity index (χ0v) is 11.7. The number of carbonyl (C=O) groups is 1. The number of aromatic nitrogens is 2. The first kappa shape index (κ1) is 13.7. The molecule has 0 aliphatic carbocycles. The van der Waals surface area contributed by atoms with E-state index in [4.69, 9.17) is 9.15 Å². The number of methoxy groups -OCH3 is 1. The van der Waals surface area contributed by atoms with Crippen molar-refractivity contribution < 1.29 is 13.9 Å². The van der Waals surface area contributed by atoms with Crippen molar-refractivity contribution >= 4 is 11.6 Å². The van der Waals surface area contributed by atoms with Gasteiger partial charge in [0.1, 0.15) is 5.76 Å². The second-order valence-corrected chi connectivity index (χ2v) is 4.47. The van der Waals surface area contributed by atoms with Crippen LogP contribution in [0.15, 0.2) is 47.3 Å². The standard InChI is InChI=1S/C15H12N4O3/c1-21-13-9-17-14-10(4-2-6-19(13)14)15(20)18-11(8-16)12-5-3-7-22-12/h2-7,9,11H,1H3,(H,18,20). The summed E-state index contributed by atoms with van der Waals surface area (Å²) in [6.45, 7) is 0. The summed E-state index contributed by atoms with van der Waals surface area (Å²) in [6, 6.07) is 7.76. The van der Waals surface area contributed by atoms with Crippen LogP contribution < -0.4 is 10.1 Å². The summed E-state index contributed by atoms with van der Waals surface area (Å²) in [6.07, 6.45) is 4.72. The van der Waals surface area contributed by atoms with Gasteiger partial charge in [0.15, 0.2) is 11.7 Å². The topological polar surface area (TPSA) is 92.6 Å². The average molecular weight is 296 g/mol. The minimum atomic E-state index is -0.861. The number of nitrogens with one attached hydrogen (secondary N) is 1. The molecule has 110 valence electrons. The Labute approximate surface area is 125 Å². The summed E-state index contributed by atoms with van der Waals surface area (Å²) in [5, 5.41) is 11.8. The molecule has 22 heavy (non-hydrogen) atoms. The number of ether oxygens (including phenoxy) is 1. The molecular formula is C15H12N4O3. The number of rotatable bonds is 4. The summed E-state index contributed by atoms with van der Waals surface area (Å²) in [7, 11) is 1.53. The third-order valence-electron chi connectivity index (χ3n) is 3.19. The second-order valence-electron chi connectivity index (χ2n) is 4.47. The van der Waals surface area contributed by atoms with Crippen molar-refractivity contribution in [1.82, 2.24) is 14.7 Å². The highest BCUT2D eigenvalue weighted by Gasteiger charge is 2.20. The number of imidazole rings is 1. The van der Waals surface area contributed by atoms with Gasteiger partial charge in [-0.2, -0.15) is 5.26 Å². The van der Waals surface area contributed by atoms with E-state index in [2.05, 4.69) is 10.3 Å². The largest absolute Gasteiger partial charge is 0.481 e. The zero-order chi connectivity index (χ0) is 15.5. The molecule has 0 aromatic carbocycles. The van der Waals surface area contributed by atoms with E-state index in [-0.39, 0.29) is 0 Å². The number of furan rings is 1. The molecule has 0 aliphatic heterocycles. The van der Waals surface area contributed by atoms with Crippen LogP contribution in [0.1, 0.15) is 22.2 Å². The summed E-state index contributed by atoms with van der Waals surface area (Å²) in [4.78, 5) is 16.6. The second kappa shape index (κ2) is 5.61. The van der Waals surface area contributed by atoms with Crippen molar-refractivity contribution in [1.29, 1.82) is 5.26 Å². The normalized spacial score (nSPS) is 11.8. The fourth-order valence-corrected chi connectivity index (χ4v) is 2.15. The Bertz CT molecular complexity index is 845.